The highest BCUT2D eigenvalue weighted by Crippen LogP contribution is 2.57. The van der Waals surface area contributed by atoms with Gasteiger partial charge in [-0.25, -0.2) is 0 Å². The molecule has 2 bridgehead atoms. The molecular weight excluding hydrogens is 428 g/mol. The minimum Gasteiger partial charge on any atom is -0.491 e. The van der Waals surface area contributed by atoms with Crippen molar-refractivity contribution in [1.82, 2.24) is 0 Å². The van der Waals surface area contributed by atoms with Gasteiger partial charge in [0.05, 0.1) is 18.8 Å². The van der Waals surface area contributed by atoms with E-state index in [9.17, 15) is 9.90 Å². The maximum Gasteiger partial charge on any atom is 0.303 e. The van der Waals surface area contributed by atoms with Crippen LogP contribution in [0, 0.1) is 11.8 Å². The number of unbranched alkanes of at least 4 members (excludes halogenated alkanes) is 1. The number of benzene rings is 2. The maximum atomic E-state index is 10.8. The number of para-hydroxylation sites is 1. The highest BCUT2D eigenvalue weighted by molar-refractivity contribution is 5.66. The summed E-state index contributed by atoms with van der Waals surface area (Å²) in [5, 5.41) is 19.4. The van der Waals surface area contributed by atoms with Crippen molar-refractivity contribution < 1.29 is 24.5 Å². The topological polar surface area (TPSA) is 76.0 Å². The van der Waals surface area contributed by atoms with Crippen molar-refractivity contribution in [3.8, 4) is 5.75 Å². The summed E-state index contributed by atoms with van der Waals surface area (Å²) < 4.78 is 12.0. The number of hydrogen-bond acceptors (Lipinski definition) is 4. The van der Waals surface area contributed by atoms with Crippen LogP contribution in [0.25, 0.3) is 0 Å². The van der Waals surface area contributed by atoms with Gasteiger partial charge in [0.2, 0.25) is 0 Å². The molecule has 1 aliphatic carbocycles. The molecule has 1 heterocycles. The Labute approximate surface area is 202 Å². The van der Waals surface area contributed by atoms with Crippen LogP contribution in [-0.2, 0) is 14.9 Å². The third kappa shape index (κ3) is 5.89. The van der Waals surface area contributed by atoms with E-state index in [1.165, 1.54) is 5.56 Å². The minimum absolute atomic E-state index is 0.00743. The third-order valence-corrected chi connectivity index (χ3v) is 7.51. The van der Waals surface area contributed by atoms with Crippen LogP contribution in [0.5, 0.6) is 5.75 Å². The third-order valence-electron chi connectivity index (χ3n) is 7.51. The van der Waals surface area contributed by atoms with Crippen LogP contribution in [0.15, 0.2) is 72.8 Å². The maximum absolute atomic E-state index is 10.8. The van der Waals surface area contributed by atoms with Gasteiger partial charge in [-0.15, -0.1) is 0 Å². The van der Waals surface area contributed by atoms with Crippen molar-refractivity contribution in [2.24, 2.45) is 11.8 Å². The number of aliphatic carboxylic acids is 1. The molecule has 0 spiro atoms. The van der Waals surface area contributed by atoms with Crippen LogP contribution in [0.2, 0.25) is 0 Å². The number of aliphatic hydroxyl groups is 1. The monoisotopic (exact) mass is 464 g/mol. The molecule has 1 aliphatic heterocycles. The van der Waals surface area contributed by atoms with E-state index in [2.05, 4.69) is 42.5 Å². The zero-order chi connectivity index (χ0) is 23.8. The van der Waals surface area contributed by atoms with E-state index < -0.39 is 12.1 Å². The largest absolute Gasteiger partial charge is 0.491 e. The Kier molecular flexibility index (Phi) is 8.41. The number of carbonyl (C=O) groups is 1. The first-order valence-corrected chi connectivity index (χ1v) is 12.5. The molecule has 4 rings (SSSR count). The second-order valence-electron chi connectivity index (χ2n) is 9.69. The summed E-state index contributed by atoms with van der Waals surface area (Å²) >= 11 is 0. The zero-order valence-corrected chi connectivity index (χ0v) is 19.7. The van der Waals surface area contributed by atoms with E-state index in [4.69, 9.17) is 14.6 Å². The number of carboxylic acid groups (broad SMARTS) is 1. The molecule has 2 aromatic carbocycles. The van der Waals surface area contributed by atoms with E-state index in [1.807, 2.05) is 30.3 Å². The van der Waals surface area contributed by atoms with Crippen LogP contribution in [0.1, 0.15) is 50.5 Å². The summed E-state index contributed by atoms with van der Waals surface area (Å²) in [6, 6.07) is 20.3. The molecule has 1 saturated heterocycles. The van der Waals surface area contributed by atoms with Gasteiger partial charge in [0, 0.05) is 11.8 Å². The average molecular weight is 465 g/mol. The number of ether oxygens (including phenoxy) is 2. The van der Waals surface area contributed by atoms with E-state index in [1.54, 1.807) is 0 Å². The molecule has 0 radical (unpaired) electrons. The fourth-order valence-corrected chi connectivity index (χ4v) is 5.82. The van der Waals surface area contributed by atoms with Crippen molar-refractivity contribution >= 4 is 5.97 Å². The quantitative estimate of drug-likeness (QED) is 0.307. The predicted molar refractivity (Wildman–Crippen MR) is 132 cm³/mol. The van der Waals surface area contributed by atoms with Crippen LogP contribution in [0.3, 0.4) is 0 Å². The Morgan fingerprint density at radius 2 is 1.85 bits per heavy atom. The first-order valence-electron chi connectivity index (χ1n) is 12.5. The summed E-state index contributed by atoms with van der Waals surface area (Å²) in [6.45, 7) is 1.04. The molecule has 182 valence electrons. The Morgan fingerprint density at radius 3 is 2.59 bits per heavy atom. The Balaban J connectivity index is 1.39. The fraction of sp³-hybridized carbons (Fsp3) is 0.483. The number of aliphatic hydroxyl groups excluding tert-OH is 1. The van der Waals surface area contributed by atoms with Crippen LogP contribution in [-0.4, -0.2) is 41.6 Å². The van der Waals surface area contributed by atoms with Gasteiger partial charge in [0.25, 0.3) is 0 Å². The Morgan fingerprint density at radius 1 is 1.12 bits per heavy atom. The molecule has 0 amide bonds. The number of rotatable bonds is 13. The van der Waals surface area contributed by atoms with Gasteiger partial charge in [0.15, 0.2) is 0 Å². The number of carboxylic acids is 1. The first kappa shape index (κ1) is 24.5. The van der Waals surface area contributed by atoms with Gasteiger partial charge in [-0.1, -0.05) is 60.7 Å². The molecule has 2 aromatic rings. The summed E-state index contributed by atoms with van der Waals surface area (Å²) in [4.78, 5) is 10.8. The molecule has 0 aromatic heterocycles. The lowest BCUT2D eigenvalue weighted by Crippen LogP contribution is -2.40. The standard InChI is InChI=1S/C29H36O5/c30-23(20-33-24-13-7-4-8-14-24)17-18-25-26(15-9-1-2-10-16-28(31)32)29(19-27(25)34-21-29)22-11-5-3-6-12-22/h1,3-9,11-14,23,25-27,30H,2,10,15-21H2,(H,31,32)/b9-1-/t23-,25+,26-,27-,29-/m1/s1. The molecule has 5 atom stereocenters. The lowest BCUT2D eigenvalue weighted by molar-refractivity contribution is -0.137. The Bertz CT molecular complexity index is 928. The van der Waals surface area contributed by atoms with E-state index in [0.29, 0.717) is 31.3 Å². The lowest BCUT2D eigenvalue weighted by atomic mass is 9.68. The van der Waals surface area contributed by atoms with Crippen LogP contribution < -0.4 is 4.74 Å². The second kappa shape index (κ2) is 11.7. The van der Waals surface area contributed by atoms with Crippen molar-refractivity contribution in [1.29, 1.82) is 0 Å². The molecule has 34 heavy (non-hydrogen) atoms. The number of allylic oxidation sites excluding steroid dienone is 2. The molecule has 5 nitrogen and oxygen atoms in total. The van der Waals surface area contributed by atoms with Gasteiger partial charge in [0.1, 0.15) is 12.4 Å². The SMILES string of the molecule is O=C(O)CCC/C=C\C[C@@H]1[C@H](CC[C@@H](O)COc2ccccc2)[C@H]2C[C@]1(c1ccccc1)CO2. The predicted octanol–water partition coefficient (Wildman–Crippen LogP) is 5.38. The summed E-state index contributed by atoms with van der Waals surface area (Å²) in [5.41, 5.74) is 1.35. The molecule has 5 heteroatoms. The lowest BCUT2D eigenvalue weighted by Gasteiger charge is -2.39. The second-order valence-corrected chi connectivity index (χ2v) is 9.69. The molecule has 2 fully saturated rings. The molecule has 2 aliphatic rings. The molecule has 2 N–H and O–H groups in total. The number of hydrogen-bond donors (Lipinski definition) is 2. The van der Waals surface area contributed by atoms with Crippen molar-refractivity contribution in [3.05, 3.63) is 78.4 Å². The van der Waals surface area contributed by atoms with Crippen molar-refractivity contribution in [3.63, 3.8) is 0 Å². The van der Waals surface area contributed by atoms with E-state index in [-0.39, 0.29) is 17.9 Å². The van der Waals surface area contributed by atoms with Gasteiger partial charge in [-0.3, -0.25) is 4.79 Å². The molecular formula is C29H36O5. The minimum atomic E-state index is -0.739. The molecule has 1 saturated carbocycles. The van der Waals surface area contributed by atoms with Crippen LogP contribution in [0.4, 0.5) is 0 Å². The van der Waals surface area contributed by atoms with Gasteiger partial charge < -0.3 is 19.7 Å². The van der Waals surface area contributed by atoms with Gasteiger partial charge >= 0.3 is 5.97 Å². The van der Waals surface area contributed by atoms with Crippen molar-refractivity contribution in [2.75, 3.05) is 13.2 Å². The van der Waals surface area contributed by atoms with E-state index >= 15 is 0 Å². The van der Waals surface area contributed by atoms with E-state index in [0.717, 1.165) is 38.0 Å². The van der Waals surface area contributed by atoms with Gasteiger partial charge in [-0.2, -0.15) is 0 Å². The normalized spacial score (nSPS) is 26.7. The zero-order valence-electron chi connectivity index (χ0n) is 19.7. The highest BCUT2D eigenvalue weighted by atomic mass is 16.5. The Hall–Kier alpha value is -2.63. The summed E-state index contributed by atoms with van der Waals surface area (Å²) in [7, 11) is 0. The first-order chi connectivity index (χ1) is 16.6. The van der Waals surface area contributed by atoms with Crippen LogP contribution >= 0.6 is 0 Å². The number of fused-ring (bicyclic) bond motifs is 2. The average Bonchev–Trinajstić information content (AvgIpc) is 3.43. The highest BCUT2D eigenvalue weighted by Gasteiger charge is 2.58. The summed E-state index contributed by atoms with van der Waals surface area (Å²) in [6.07, 6.45) is 9.29. The molecule has 0 unspecified atom stereocenters. The fourth-order valence-electron chi connectivity index (χ4n) is 5.82. The van der Waals surface area contributed by atoms with Crippen molar-refractivity contribution in [2.45, 2.75) is 62.6 Å². The summed E-state index contributed by atoms with van der Waals surface area (Å²) in [5.74, 6) is 0.853. The smallest absolute Gasteiger partial charge is 0.303 e. The van der Waals surface area contributed by atoms with Gasteiger partial charge in [-0.05, 0) is 68.1 Å².